The molecule has 6 nitrogen and oxygen atoms in total. The van der Waals surface area contributed by atoms with Crippen LogP contribution in [-0.4, -0.2) is 39.0 Å². The number of rotatable bonds is 2. The Morgan fingerprint density at radius 1 is 1.36 bits per heavy atom. The van der Waals surface area contributed by atoms with Crippen molar-refractivity contribution in [1.29, 1.82) is 0 Å². The highest BCUT2D eigenvalue weighted by atomic mass is 19.1. The molecule has 114 valence electrons. The summed E-state index contributed by atoms with van der Waals surface area (Å²) in [5.74, 6) is -2.21. The van der Waals surface area contributed by atoms with Crippen molar-refractivity contribution in [2.24, 2.45) is 0 Å². The molecule has 1 amide bonds. The van der Waals surface area contributed by atoms with Gasteiger partial charge in [-0.15, -0.1) is 0 Å². The van der Waals surface area contributed by atoms with Crippen LogP contribution >= 0.6 is 0 Å². The molecule has 2 heterocycles. The highest BCUT2D eigenvalue weighted by molar-refractivity contribution is 6.07. The van der Waals surface area contributed by atoms with E-state index in [1.807, 2.05) is 0 Å². The van der Waals surface area contributed by atoms with Crippen molar-refractivity contribution in [3.05, 3.63) is 46.0 Å². The number of aliphatic carboxylic acids is 1. The van der Waals surface area contributed by atoms with Gasteiger partial charge in [-0.25, -0.2) is 9.18 Å². The van der Waals surface area contributed by atoms with E-state index in [2.05, 4.69) is 4.98 Å². The summed E-state index contributed by atoms with van der Waals surface area (Å²) in [4.78, 5) is 39.2. The van der Waals surface area contributed by atoms with Crippen LogP contribution in [0.1, 0.15) is 23.7 Å². The Hall–Kier alpha value is -2.70. The van der Waals surface area contributed by atoms with Crippen molar-refractivity contribution in [3.8, 4) is 0 Å². The number of pyridine rings is 1. The van der Waals surface area contributed by atoms with E-state index in [1.54, 1.807) is 6.92 Å². The van der Waals surface area contributed by atoms with Crippen molar-refractivity contribution in [3.63, 3.8) is 0 Å². The molecule has 22 heavy (non-hydrogen) atoms. The average Bonchev–Trinajstić information content (AvgIpc) is 2.43. The zero-order valence-corrected chi connectivity index (χ0v) is 11.7. The summed E-state index contributed by atoms with van der Waals surface area (Å²) in [6.07, 6.45) is 0.358. The van der Waals surface area contributed by atoms with E-state index in [9.17, 15) is 18.8 Å². The molecule has 1 aliphatic heterocycles. The molecular weight excluding hydrogens is 291 g/mol. The van der Waals surface area contributed by atoms with E-state index in [4.69, 9.17) is 5.11 Å². The molecule has 7 heteroatoms. The lowest BCUT2D eigenvalue weighted by Crippen LogP contribution is -2.60. The fourth-order valence-electron chi connectivity index (χ4n) is 2.82. The first kappa shape index (κ1) is 14.2. The monoisotopic (exact) mass is 304 g/mol. The highest BCUT2D eigenvalue weighted by Gasteiger charge is 2.44. The number of carboxylic acids is 1. The Balaban J connectivity index is 2.13. The van der Waals surface area contributed by atoms with Crippen LogP contribution in [0.15, 0.2) is 29.1 Å². The molecule has 0 spiro atoms. The fourth-order valence-corrected chi connectivity index (χ4v) is 2.82. The van der Waals surface area contributed by atoms with E-state index in [-0.39, 0.29) is 17.0 Å². The summed E-state index contributed by atoms with van der Waals surface area (Å²) in [7, 11) is 0. The minimum atomic E-state index is -1.09. The zero-order chi connectivity index (χ0) is 16.0. The first-order valence-electron chi connectivity index (χ1n) is 6.76. The van der Waals surface area contributed by atoms with Crippen molar-refractivity contribution >= 4 is 22.8 Å². The molecule has 2 atom stereocenters. The van der Waals surface area contributed by atoms with Gasteiger partial charge in [-0.3, -0.25) is 9.59 Å². The summed E-state index contributed by atoms with van der Waals surface area (Å²) in [6.45, 7) is 1.73. The third-order valence-electron chi connectivity index (χ3n) is 3.93. The van der Waals surface area contributed by atoms with Crippen LogP contribution in [0.4, 0.5) is 4.39 Å². The molecular formula is C15H13FN2O4. The van der Waals surface area contributed by atoms with E-state index in [1.165, 1.54) is 17.0 Å². The van der Waals surface area contributed by atoms with Gasteiger partial charge in [0.15, 0.2) is 0 Å². The minimum Gasteiger partial charge on any atom is -0.480 e. The summed E-state index contributed by atoms with van der Waals surface area (Å²) in [6, 6.07) is 3.63. The number of carbonyl (C=O) groups is 2. The third-order valence-corrected chi connectivity index (χ3v) is 3.93. The molecule has 1 saturated heterocycles. The minimum absolute atomic E-state index is 0.0102. The maximum atomic E-state index is 13.4. The predicted octanol–water partition coefficient (Wildman–Crippen LogP) is 1.35. The first-order chi connectivity index (χ1) is 10.4. The van der Waals surface area contributed by atoms with E-state index < -0.39 is 29.3 Å². The summed E-state index contributed by atoms with van der Waals surface area (Å²) in [5.41, 5.74) is -0.157. The lowest BCUT2D eigenvalue weighted by molar-refractivity contribution is -0.148. The number of fused-ring (bicyclic) bond motifs is 1. The average molecular weight is 304 g/mol. The molecule has 0 aliphatic carbocycles. The Kier molecular flexibility index (Phi) is 3.20. The third kappa shape index (κ3) is 2.14. The Bertz CT molecular complexity index is 845. The first-order valence-corrected chi connectivity index (χ1v) is 6.76. The summed E-state index contributed by atoms with van der Waals surface area (Å²) < 4.78 is 13.4. The largest absolute Gasteiger partial charge is 0.480 e. The van der Waals surface area contributed by atoms with Crippen LogP contribution in [0.25, 0.3) is 10.9 Å². The maximum absolute atomic E-state index is 13.4. The standard InChI is InChI=1S/C15H13FN2O4/c1-7-4-12(15(21)22)18(7)14(20)10-6-13(19)17-11-3-2-8(16)5-9(10)11/h2-3,5-7,12H,4H2,1H3,(H,17,19)(H,21,22)/t7-,12-/m0/s1. The molecule has 0 saturated carbocycles. The topological polar surface area (TPSA) is 90.5 Å². The number of carboxylic acid groups (broad SMARTS) is 1. The van der Waals surface area contributed by atoms with Gasteiger partial charge in [0, 0.05) is 23.0 Å². The molecule has 1 fully saturated rings. The van der Waals surface area contributed by atoms with E-state index in [0.29, 0.717) is 11.9 Å². The number of aromatic amines is 1. The SMILES string of the molecule is C[C@H]1C[C@@H](C(=O)O)N1C(=O)c1cc(=O)[nH]c2ccc(F)cc12. The number of hydrogen-bond acceptors (Lipinski definition) is 3. The van der Waals surface area contributed by atoms with Crippen molar-refractivity contribution < 1.29 is 19.1 Å². The van der Waals surface area contributed by atoms with Crippen LogP contribution < -0.4 is 5.56 Å². The molecule has 1 aromatic heterocycles. The molecule has 2 N–H and O–H groups in total. The van der Waals surface area contributed by atoms with Gasteiger partial charge in [0.25, 0.3) is 5.91 Å². The predicted molar refractivity (Wildman–Crippen MR) is 76.2 cm³/mol. The second kappa shape index (κ2) is 4.94. The Morgan fingerprint density at radius 3 is 2.73 bits per heavy atom. The van der Waals surface area contributed by atoms with Gasteiger partial charge in [-0.2, -0.15) is 0 Å². The van der Waals surface area contributed by atoms with Crippen LogP contribution in [0, 0.1) is 5.82 Å². The van der Waals surface area contributed by atoms with E-state index >= 15 is 0 Å². The fraction of sp³-hybridized carbons (Fsp3) is 0.267. The molecule has 1 aromatic carbocycles. The highest BCUT2D eigenvalue weighted by Crippen LogP contribution is 2.29. The van der Waals surface area contributed by atoms with Gasteiger partial charge in [-0.05, 0) is 31.5 Å². The summed E-state index contributed by atoms with van der Waals surface area (Å²) >= 11 is 0. The molecule has 0 radical (unpaired) electrons. The second-order valence-corrected chi connectivity index (χ2v) is 5.39. The van der Waals surface area contributed by atoms with Crippen LogP contribution in [-0.2, 0) is 4.79 Å². The van der Waals surface area contributed by atoms with Crippen molar-refractivity contribution in [1.82, 2.24) is 9.88 Å². The van der Waals surface area contributed by atoms with E-state index in [0.717, 1.165) is 12.1 Å². The number of nitrogens with one attached hydrogen (secondary N) is 1. The molecule has 0 bridgehead atoms. The summed E-state index contributed by atoms with van der Waals surface area (Å²) in [5, 5.41) is 9.36. The Labute approximate surface area is 124 Å². The number of benzene rings is 1. The number of aromatic nitrogens is 1. The molecule has 0 unspecified atom stereocenters. The number of hydrogen-bond donors (Lipinski definition) is 2. The lowest BCUT2D eigenvalue weighted by atomic mass is 9.92. The Morgan fingerprint density at radius 2 is 2.09 bits per heavy atom. The zero-order valence-electron chi connectivity index (χ0n) is 11.7. The number of likely N-dealkylation sites (tertiary alicyclic amines) is 1. The number of nitrogens with zero attached hydrogens (tertiary/aromatic N) is 1. The smallest absolute Gasteiger partial charge is 0.326 e. The van der Waals surface area contributed by atoms with Gasteiger partial charge in [0.1, 0.15) is 11.9 Å². The molecule has 2 aromatic rings. The van der Waals surface area contributed by atoms with Crippen molar-refractivity contribution in [2.75, 3.05) is 0 Å². The molecule has 1 aliphatic rings. The molecule has 3 rings (SSSR count). The van der Waals surface area contributed by atoms with Gasteiger partial charge >= 0.3 is 5.97 Å². The van der Waals surface area contributed by atoms with Gasteiger partial charge in [0.05, 0.1) is 5.56 Å². The van der Waals surface area contributed by atoms with Crippen molar-refractivity contribution in [2.45, 2.75) is 25.4 Å². The van der Waals surface area contributed by atoms with Crippen LogP contribution in [0.5, 0.6) is 0 Å². The number of carbonyl (C=O) groups excluding carboxylic acids is 1. The quantitative estimate of drug-likeness (QED) is 0.876. The van der Waals surface area contributed by atoms with Gasteiger partial charge in [-0.1, -0.05) is 0 Å². The second-order valence-electron chi connectivity index (χ2n) is 5.39. The number of H-pyrrole nitrogens is 1. The number of halogens is 1. The van der Waals surface area contributed by atoms with Gasteiger partial charge < -0.3 is 15.0 Å². The number of amides is 1. The normalized spacial score (nSPS) is 20.7. The lowest BCUT2D eigenvalue weighted by Gasteiger charge is -2.44. The van der Waals surface area contributed by atoms with Gasteiger partial charge in [0.2, 0.25) is 5.56 Å². The maximum Gasteiger partial charge on any atom is 0.326 e. The van der Waals surface area contributed by atoms with Crippen LogP contribution in [0.3, 0.4) is 0 Å². The van der Waals surface area contributed by atoms with Crippen LogP contribution in [0.2, 0.25) is 0 Å².